The molecule has 0 saturated heterocycles. The molecule has 3 rings (SSSR count). The zero-order chi connectivity index (χ0) is 18.5. The minimum atomic E-state index is -0.218. The molecule has 0 bridgehead atoms. The van der Waals surface area contributed by atoms with Crippen molar-refractivity contribution < 1.29 is 4.79 Å². The predicted octanol–water partition coefficient (Wildman–Crippen LogP) is 4.04. The van der Waals surface area contributed by atoms with Gasteiger partial charge in [-0.05, 0) is 36.4 Å². The van der Waals surface area contributed by atoms with Crippen molar-refractivity contribution in [3.8, 4) is 0 Å². The zero-order valence-electron chi connectivity index (χ0n) is 15.3. The Kier molecular flexibility index (Phi) is 5.52. The number of aryl methyl sites for hydroxylation is 1. The molecule has 1 heterocycles. The van der Waals surface area contributed by atoms with Crippen molar-refractivity contribution in [3.05, 3.63) is 81.8 Å². The van der Waals surface area contributed by atoms with Gasteiger partial charge in [0.05, 0.1) is 0 Å². The van der Waals surface area contributed by atoms with Crippen molar-refractivity contribution in [1.29, 1.82) is 0 Å². The summed E-state index contributed by atoms with van der Waals surface area (Å²) in [5, 5.41) is 4.41. The van der Waals surface area contributed by atoms with Crippen LogP contribution in [-0.2, 0) is 13.1 Å². The minimum absolute atomic E-state index is 0.0930. The molecule has 0 aliphatic carbocycles. The fourth-order valence-electron chi connectivity index (χ4n) is 3.06. The van der Waals surface area contributed by atoms with Crippen molar-refractivity contribution in [1.82, 2.24) is 9.88 Å². The maximum Gasteiger partial charge on any atom is 0.268 e. The molecule has 134 valence electrons. The molecule has 0 aliphatic rings. The van der Waals surface area contributed by atoms with E-state index in [0.29, 0.717) is 24.2 Å². The third-order valence-corrected chi connectivity index (χ3v) is 4.53. The van der Waals surface area contributed by atoms with Gasteiger partial charge in [0.1, 0.15) is 5.69 Å². The molecule has 1 N–H and O–H groups in total. The first kappa shape index (κ1) is 17.9. The van der Waals surface area contributed by atoms with E-state index in [0.717, 1.165) is 29.4 Å². The van der Waals surface area contributed by atoms with Crippen LogP contribution in [0.3, 0.4) is 0 Å². The second-order valence-corrected chi connectivity index (χ2v) is 6.60. The molecule has 0 atom stereocenters. The number of nitrogens with zero attached hydrogens (tertiary/aromatic N) is 1. The Morgan fingerprint density at radius 3 is 2.58 bits per heavy atom. The number of aromatic nitrogens is 1. The van der Waals surface area contributed by atoms with Crippen LogP contribution >= 0.6 is 0 Å². The third-order valence-electron chi connectivity index (χ3n) is 4.53. The van der Waals surface area contributed by atoms with Crippen LogP contribution in [0, 0.1) is 6.92 Å². The Bertz CT molecular complexity index is 975. The average Bonchev–Trinajstić information content (AvgIpc) is 2.66. The smallest absolute Gasteiger partial charge is 0.268 e. The maximum atomic E-state index is 13.0. The van der Waals surface area contributed by atoms with Gasteiger partial charge in [0.25, 0.3) is 11.5 Å². The first-order chi connectivity index (χ1) is 12.6. The molecule has 0 radical (unpaired) electrons. The summed E-state index contributed by atoms with van der Waals surface area (Å²) in [6.45, 7) is 5.03. The molecule has 0 saturated carbocycles. The first-order valence-electron chi connectivity index (χ1n) is 9.06. The van der Waals surface area contributed by atoms with E-state index in [1.165, 1.54) is 0 Å². The number of carbonyl (C=O) groups excluding carboxylic acids is 1. The van der Waals surface area contributed by atoms with E-state index in [1.807, 2.05) is 61.5 Å². The molecule has 0 spiro atoms. The number of carbonyl (C=O) groups is 1. The van der Waals surface area contributed by atoms with Gasteiger partial charge in [-0.15, -0.1) is 0 Å². The van der Waals surface area contributed by atoms with E-state index < -0.39 is 0 Å². The Balaban J connectivity index is 1.98. The molecular formula is C22H24N2O2. The van der Waals surface area contributed by atoms with Crippen LogP contribution < -0.4 is 10.9 Å². The summed E-state index contributed by atoms with van der Waals surface area (Å²) < 4.78 is 1.62. The molecule has 0 aliphatic heterocycles. The lowest BCUT2D eigenvalue weighted by atomic mass is 10.1. The highest BCUT2D eigenvalue weighted by Crippen LogP contribution is 2.15. The lowest BCUT2D eigenvalue weighted by Gasteiger charge is -2.14. The maximum absolute atomic E-state index is 13.0. The largest absolute Gasteiger partial charge is 0.347 e. The van der Waals surface area contributed by atoms with Crippen LogP contribution in [-0.4, -0.2) is 10.5 Å². The van der Waals surface area contributed by atoms with Crippen molar-refractivity contribution >= 4 is 16.7 Å². The number of hydrogen-bond donors (Lipinski definition) is 1. The van der Waals surface area contributed by atoms with Gasteiger partial charge in [-0.25, -0.2) is 0 Å². The van der Waals surface area contributed by atoms with Gasteiger partial charge in [-0.1, -0.05) is 61.4 Å². The van der Waals surface area contributed by atoms with Gasteiger partial charge < -0.3 is 9.88 Å². The molecular weight excluding hydrogens is 324 g/mol. The zero-order valence-corrected chi connectivity index (χ0v) is 15.3. The second kappa shape index (κ2) is 8.00. The number of nitrogens with one attached hydrogen (secondary N) is 1. The Hall–Kier alpha value is -2.88. The highest BCUT2D eigenvalue weighted by molar-refractivity contribution is 5.96. The van der Waals surface area contributed by atoms with E-state index in [-0.39, 0.29) is 11.5 Å². The number of rotatable bonds is 6. The average molecular weight is 348 g/mol. The Morgan fingerprint density at radius 1 is 1.08 bits per heavy atom. The lowest BCUT2D eigenvalue weighted by Crippen LogP contribution is -2.32. The van der Waals surface area contributed by atoms with E-state index >= 15 is 0 Å². The van der Waals surface area contributed by atoms with Gasteiger partial charge in [-0.3, -0.25) is 9.59 Å². The molecule has 0 unspecified atom stereocenters. The summed E-state index contributed by atoms with van der Waals surface area (Å²) in [5.74, 6) is -0.218. The Labute approximate surface area is 153 Å². The normalized spacial score (nSPS) is 10.8. The summed E-state index contributed by atoms with van der Waals surface area (Å²) in [6, 6.07) is 17.3. The number of amides is 1. The van der Waals surface area contributed by atoms with Crippen LogP contribution in [0.4, 0.5) is 0 Å². The molecule has 2 aromatic carbocycles. The predicted molar refractivity (Wildman–Crippen MR) is 105 cm³/mol. The molecule has 1 amide bonds. The first-order valence-corrected chi connectivity index (χ1v) is 9.06. The lowest BCUT2D eigenvalue weighted by molar-refractivity contribution is 0.0940. The quantitative estimate of drug-likeness (QED) is 0.731. The van der Waals surface area contributed by atoms with Gasteiger partial charge in [0, 0.05) is 18.5 Å². The van der Waals surface area contributed by atoms with E-state index in [2.05, 4.69) is 12.2 Å². The van der Waals surface area contributed by atoms with Crippen LogP contribution in [0.5, 0.6) is 0 Å². The highest BCUT2D eigenvalue weighted by atomic mass is 16.2. The van der Waals surface area contributed by atoms with Crippen LogP contribution in [0.25, 0.3) is 10.8 Å². The SMILES string of the molecule is CCCCn1c(C(=O)NCc2ccccc2)cc2ccc(C)cc2c1=O. The highest BCUT2D eigenvalue weighted by Gasteiger charge is 2.15. The number of benzene rings is 2. The molecule has 1 aromatic heterocycles. The summed E-state index contributed by atoms with van der Waals surface area (Å²) in [7, 11) is 0. The third kappa shape index (κ3) is 3.85. The fourth-order valence-corrected chi connectivity index (χ4v) is 3.06. The summed E-state index contributed by atoms with van der Waals surface area (Å²) in [4.78, 5) is 25.8. The number of fused-ring (bicyclic) bond motifs is 1. The van der Waals surface area contributed by atoms with Crippen molar-refractivity contribution in [2.24, 2.45) is 0 Å². The summed E-state index contributed by atoms with van der Waals surface area (Å²) in [5.41, 5.74) is 2.40. The number of unbranched alkanes of at least 4 members (excludes halogenated alkanes) is 1. The minimum Gasteiger partial charge on any atom is -0.347 e. The summed E-state index contributed by atoms with van der Waals surface area (Å²) in [6.07, 6.45) is 1.82. The van der Waals surface area contributed by atoms with Gasteiger partial charge in [-0.2, -0.15) is 0 Å². The van der Waals surface area contributed by atoms with Crippen molar-refractivity contribution in [3.63, 3.8) is 0 Å². The van der Waals surface area contributed by atoms with Crippen LogP contribution in [0.2, 0.25) is 0 Å². The van der Waals surface area contributed by atoms with Gasteiger partial charge >= 0.3 is 0 Å². The topological polar surface area (TPSA) is 51.1 Å². The van der Waals surface area contributed by atoms with Gasteiger partial charge in [0.2, 0.25) is 0 Å². The van der Waals surface area contributed by atoms with Crippen molar-refractivity contribution in [2.45, 2.75) is 39.8 Å². The Morgan fingerprint density at radius 2 is 1.85 bits per heavy atom. The number of hydrogen-bond acceptors (Lipinski definition) is 2. The molecule has 0 fully saturated rings. The van der Waals surface area contributed by atoms with Crippen LogP contribution in [0.15, 0.2) is 59.4 Å². The number of pyridine rings is 1. The molecule has 3 aromatic rings. The monoisotopic (exact) mass is 348 g/mol. The van der Waals surface area contributed by atoms with E-state index in [9.17, 15) is 9.59 Å². The summed E-state index contributed by atoms with van der Waals surface area (Å²) >= 11 is 0. The fraction of sp³-hybridized carbons (Fsp3) is 0.273. The van der Waals surface area contributed by atoms with Gasteiger partial charge in [0.15, 0.2) is 0 Å². The second-order valence-electron chi connectivity index (χ2n) is 6.60. The molecule has 4 heteroatoms. The van der Waals surface area contributed by atoms with Crippen LogP contribution in [0.1, 0.15) is 41.4 Å². The standard InChI is InChI=1S/C22H24N2O2/c1-3-4-12-24-20(21(25)23-15-17-8-6-5-7-9-17)14-18-11-10-16(2)13-19(18)22(24)26/h5-11,13-14H,3-4,12,15H2,1-2H3,(H,23,25). The van der Waals surface area contributed by atoms with E-state index in [1.54, 1.807) is 4.57 Å². The van der Waals surface area contributed by atoms with Crippen molar-refractivity contribution in [2.75, 3.05) is 0 Å². The molecule has 26 heavy (non-hydrogen) atoms. The van der Waals surface area contributed by atoms with E-state index in [4.69, 9.17) is 0 Å². The molecule has 4 nitrogen and oxygen atoms in total.